The van der Waals surface area contributed by atoms with Crippen LogP contribution in [0.3, 0.4) is 0 Å². The van der Waals surface area contributed by atoms with E-state index in [1.165, 1.54) is 0 Å². The van der Waals surface area contributed by atoms with Crippen LogP contribution in [-0.4, -0.2) is 5.75 Å². The fourth-order valence-corrected chi connectivity index (χ4v) is 0.659. The van der Waals surface area contributed by atoms with Gasteiger partial charge in [-0.2, -0.15) is 0 Å². The molecule has 0 atom stereocenters. The highest BCUT2D eigenvalue weighted by atomic mass is 32.2. The maximum Gasteiger partial charge on any atom is 0.0154 e. The normalized spacial score (nSPS) is 9.86. The Kier molecular flexibility index (Phi) is 5.69. The first-order valence-electron chi connectivity index (χ1n) is 2.25. The summed E-state index contributed by atoms with van der Waals surface area (Å²) in [6, 6.07) is 0. The molecule has 0 fully saturated rings. The number of rotatable bonds is 3. The van der Waals surface area contributed by atoms with E-state index < -0.39 is 0 Å². The highest BCUT2D eigenvalue weighted by Crippen LogP contribution is 1.98. The first-order chi connectivity index (χ1) is 3.41. The molecule has 0 nitrogen and oxygen atoms in total. The van der Waals surface area contributed by atoms with Gasteiger partial charge in [0.25, 0.3) is 0 Å². The van der Waals surface area contributed by atoms with E-state index in [0.717, 1.165) is 5.75 Å². The van der Waals surface area contributed by atoms with Gasteiger partial charge in [-0.15, -0.1) is 11.8 Å². The van der Waals surface area contributed by atoms with Crippen molar-refractivity contribution in [2.45, 2.75) is 6.92 Å². The zero-order valence-electron chi connectivity index (χ0n) is 4.55. The van der Waals surface area contributed by atoms with Crippen LogP contribution in [0, 0.1) is 0 Å². The average Bonchev–Trinajstić information content (AvgIpc) is 1.69. The second kappa shape index (κ2) is 5.83. The van der Waals surface area contributed by atoms with Crippen molar-refractivity contribution < 1.29 is 0 Å². The number of thioether (sulfide) groups is 1. The van der Waals surface area contributed by atoms with Gasteiger partial charge < -0.3 is 0 Å². The summed E-state index contributed by atoms with van der Waals surface area (Å²) in [5.41, 5.74) is 0. The molecule has 0 radical (unpaired) electrons. The monoisotopic (exact) mass is 114 g/mol. The molecule has 0 aliphatic heterocycles. The summed E-state index contributed by atoms with van der Waals surface area (Å²) < 4.78 is 0. The summed E-state index contributed by atoms with van der Waals surface area (Å²) >= 11 is 1.71. The minimum atomic E-state index is 1.06. The molecule has 0 aliphatic rings. The first-order valence-corrected chi connectivity index (χ1v) is 3.30. The summed E-state index contributed by atoms with van der Waals surface area (Å²) in [6.45, 7) is 5.58. The third-order valence-electron chi connectivity index (χ3n) is 0.546. The SMILES string of the molecule is C=CSC/C=C/C. The molecule has 40 valence electrons. The third-order valence-corrected chi connectivity index (χ3v) is 1.17. The number of hydrogen-bond donors (Lipinski definition) is 0. The summed E-state index contributed by atoms with van der Waals surface area (Å²) in [5.74, 6) is 1.06. The predicted octanol–water partition coefficient (Wildman–Crippen LogP) is 2.44. The van der Waals surface area contributed by atoms with Crippen LogP contribution in [0.15, 0.2) is 24.1 Å². The molecule has 0 spiro atoms. The fourth-order valence-electron chi connectivity index (χ4n) is 0.220. The molecule has 0 amide bonds. The minimum absolute atomic E-state index is 1.06. The molecule has 0 aromatic heterocycles. The Hall–Kier alpha value is -0.170. The lowest BCUT2D eigenvalue weighted by Gasteiger charge is -1.79. The van der Waals surface area contributed by atoms with E-state index in [1.807, 2.05) is 18.4 Å². The Morgan fingerprint density at radius 1 is 1.71 bits per heavy atom. The lowest BCUT2D eigenvalue weighted by atomic mass is 10.6. The Morgan fingerprint density at radius 3 is 2.86 bits per heavy atom. The van der Waals surface area contributed by atoms with Gasteiger partial charge in [0.2, 0.25) is 0 Å². The number of allylic oxidation sites excluding steroid dienone is 1. The van der Waals surface area contributed by atoms with Gasteiger partial charge in [0.05, 0.1) is 0 Å². The van der Waals surface area contributed by atoms with Gasteiger partial charge in [-0.25, -0.2) is 0 Å². The van der Waals surface area contributed by atoms with Gasteiger partial charge in [-0.1, -0.05) is 18.7 Å². The zero-order valence-corrected chi connectivity index (χ0v) is 5.37. The van der Waals surface area contributed by atoms with Gasteiger partial charge in [-0.3, -0.25) is 0 Å². The molecule has 0 saturated carbocycles. The van der Waals surface area contributed by atoms with Crippen molar-refractivity contribution in [1.29, 1.82) is 0 Å². The van der Waals surface area contributed by atoms with E-state index in [1.54, 1.807) is 11.8 Å². The van der Waals surface area contributed by atoms with Crippen molar-refractivity contribution in [3.63, 3.8) is 0 Å². The van der Waals surface area contributed by atoms with Crippen molar-refractivity contribution in [2.75, 3.05) is 5.75 Å². The molecule has 0 aromatic carbocycles. The van der Waals surface area contributed by atoms with E-state index in [-0.39, 0.29) is 0 Å². The lowest BCUT2D eigenvalue weighted by molar-refractivity contribution is 1.66. The van der Waals surface area contributed by atoms with Crippen LogP contribution in [0.1, 0.15) is 6.92 Å². The van der Waals surface area contributed by atoms with Gasteiger partial charge in [-0.05, 0) is 12.3 Å². The summed E-state index contributed by atoms with van der Waals surface area (Å²) in [4.78, 5) is 0. The molecule has 0 aliphatic carbocycles. The Labute approximate surface area is 49.3 Å². The van der Waals surface area contributed by atoms with Crippen LogP contribution in [0.5, 0.6) is 0 Å². The van der Waals surface area contributed by atoms with Gasteiger partial charge in [0.1, 0.15) is 0 Å². The highest BCUT2D eigenvalue weighted by molar-refractivity contribution is 8.02. The minimum Gasteiger partial charge on any atom is -0.131 e. The zero-order chi connectivity index (χ0) is 5.54. The Bertz CT molecular complexity index is 64.6. The predicted molar refractivity (Wildman–Crippen MR) is 37.5 cm³/mol. The second-order valence-corrected chi connectivity index (χ2v) is 2.07. The van der Waals surface area contributed by atoms with Crippen LogP contribution in [-0.2, 0) is 0 Å². The molecule has 0 aromatic rings. The van der Waals surface area contributed by atoms with E-state index in [4.69, 9.17) is 0 Å². The van der Waals surface area contributed by atoms with Crippen molar-refractivity contribution >= 4 is 11.8 Å². The molecule has 0 rings (SSSR count). The molecular formula is C6H10S. The van der Waals surface area contributed by atoms with E-state index in [0.29, 0.717) is 0 Å². The number of hydrogen-bond acceptors (Lipinski definition) is 1. The largest absolute Gasteiger partial charge is 0.131 e. The highest BCUT2D eigenvalue weighted by Gasteiger charge is 1.68. The Balaban J connectivity index is 2.82. The van der Waals surface area contributed by atoms with Crippen LogP contribution in [0.4, 0.5) is 0 Å². The van der Waals surface area contributed by atoms with Crippen molar-refractivity contribution in [3.05, 3.63) is 24.1 Å². The van der Waals surface area contributed by atoms with Crippen molar-refractivity contribution in [3.8, 4) is 0 Å². The quantitative estimate of drug-likeness (QED) is 0.401. The molecule has 0 heterocycles. The van der Waals surface area contributed by atoms with Crippen LogP contribution in [0.2, 0.25) is 0 Å². The molecule has 7 heavy (non-hydrogen) atoms. The van der Waals surface area contributed by atoms with E-state index in [2.05, 4.69) is 12.7 Å². The Morgan fingerprint density at radius 2 is 2.43 bits per heavy atom. The molecule has 0 N–H and O–H groups in total. The van der Waals surface area contributed by atoms with Crippen LogP contribution < -0.4 is 0 Å². The van der Waals surface area contributed by atoms with Crippen LogP contribution in [0.25, 0.3) is 0 Å². The van der Waals surface area contributed by atoms with Gasteiger partial charge in [0, 0.05) is 5.75 Å². The standard InChI is InChI=1S/C6H10S/c1-3-5-6-7-4-2/h3-5H,2,6H2,1H3/b5-3+. The van der Waals surface area contributed by atoms with E-state index in [9.17, 15) is 0 Å². The fraction of sp³-hybridized carbons (Fsp3) is 0.333. The molecular weight excluding hydrogens is 104 g/mol. The molecule has 0 bridgehead atoms. The first kappa shape index (κ1) is 6.83. The molecule has 1 heteroatoms. The smallest absolute Gasteiger partial charge is 0.0154 e. The second-order valence-electron chi connectivity index (χ2n) is 1.07. The van der Waals surface area contributed by atoms with Crippen molar-refractivity contribution in [1.82, 2.24) is 0 Å². The topological polar surface area (TPSA) is 0 Å². The summed E-state index contributed by atoms with van der Waals surface area (Å²) in [5, 5.41) is 1.85. The summed E-state index contributed by atoms with van der Waals surface area (Å²) in [7, 11) is 0. The summed E-state index contributed by atoms with van der Waals surface area (Å²) in [6.07, 6.45) is 4.14. The van der Waals surface area contributed by atoms with Gasteiger partial charge in [0.15, 0.2) is 0 Å². The third kappa shape index (κ3) is 5.83. The maximum absolute atomic E-state index is 3.56. The van der Waals surface area contributed by atoms with Crippen LogP contribution >= 0.6 is 11.8 Å². The average molecular weight is 114 g/mol. The molecule has 0 unspecified atom stereocenters. The van der Waals surface area contributed by atoms with Crippen molar-refractivity contribution in [2.24, 2.45) is 0 Å². The van der Waals surface area contributed by atoms with Gasteiger partial charge >= 0.3 is 0 Å². The van der Waals surface area contributed by atoms with E-state index >= 15 is 0 Å². The lowest BCUT2D eigenvalue weighted by Crippen LogP contribution is -1.60. The maximum atomic E-state index is 3.56. The molecule has 0 saturated heterocycles.